The van der Waals surface area contributed by atoms with E-state index in [0.717, 1.165) is 0 Å². The summed E-state index contributed by atoms with van der Waals surface area (Å²) in [7, 11) is 6.10. The van der Waals surface area contributed by atoms with E-state index in [0.29, 0.717) is 11.1 Å². The minimum atomic E-state index is -0.267. The van der Waals surface area contributed by atoms with Crippen molar-refractivity contribution >= 4 is 5.91 Å². The maximum absolute atomic E-state index is 11.1. The maximum atomic E-state index is 11.1. The summed E-state index contributed by atoms with van der Waals surface area (Å²) >= 11 is 0. The van der Waals surface area contributed by atoms with E-state index in [2.05, 4.69) is 17.3 Å². The fraction of sp³-hybridized carbons (Fsp3) is 0.700. The van der Waals surface area contributed by atoms with Crippen molar-refractivity contribution in [3.63, 3.8) is 0 Å². The molecule has 1 amide bonds. The minimum absolute atomic E-state index is 0.141. The molecule has 0 aliphatic heterocycles. The van der Waals surface area contributed by atoms with E-state index < -0.39 is 0 Å². The average Bonchev–Trinajstić information content (AvgIpc) is 1.99. The molecule has 0 unspecified atom stereocenters. The van der Waals surface area contributed by atoms with Crippen molar-refractivity contribution in [2.75, 3.05) is 27.7 Å². The number of nitrogens with one attached hydrogen (secondary N) is 2. The molecule has 0 fully saturated rings. The van der Waals surface area contributed by atoms with Gasteiger partial charge in [0.05, 0.1) is 33.2 Å². The van der Waals surface area contributed by atoms with Gasteiger partial charge in [-0.1, -0.05) is 6.58 Å². The van der Waals surface area contributed by atoms with Gasteiger partial charge in [0, 0.05) is 0 Å². The maximum Gasteiger partial charge on any atom is 0.243 e. The Morgan fingerprint density at radius 2 is 1.93 bits per heavy atom. The van der Waals surface area contributed by atoms with Gasteiger partial charge in [-0.05, 0) is 19.9 Å². The highest BCUT2D eigenvalue weighted by Crippen LogP contribution is 2.00. The zero-order valence-corrected chi connectivity index (χ0v) is 9.85. The second-order valence-corrected chi connectivity index (χ2v) is 4.92. The summed E-state index contributed by atoms with van der Waals surface area (Å²) in [4.78, 5) is 11.1. The van der Waals surface area contributed by atoms with Gasteiger partial charge in [-0.3, -0.25) is 9.39 Å². The lowest BCUT2D eigenvalue weighted by molar-refractivity contribution is -0.915. The molecular weight excluding hydrogens is 178 g/mol. The molecule has 0 atom stereocenters. The van der Waals surface area contributed by atoms with E-state index in [1.807, 2.05) is 35.0 Å². The second-order valence-electron chi connectivity index (χ2n) is 4.92. The van der Waals surface area contributed by atoms with Crippen molar-refractivity contribution in [2.45, 2.75) is 19.4 Å². The fourth-order valence-corrected chi connectivity index (χ4v) is 0.864. The predicted molar refractivity (Wildman–Crippen MR) is 58.5 cm³/mol. The molecule has 0 saturated heterocycles. The first kappa shape index (κ1) is 13.1. The summed E-state index contributed by atoms with van der Waals surface area (Å²) in [5.74, 6) is -0.141. The van der Waals surface area contributed by atoms with E-state index in [9.17, 15) is 4.79 Å². The Labute approximate surface area is 86.5 Å². The van der Waals surface area contributed by atoms with Crippen molar-refractivity contribution in [1.82, 2.24) is 10.7 Å². The van der Waals surface area contributed by atoms with Gasteiger partial charge >= 0.3 is 0 Å². The van der Waals surface area contributed by atoms with Crippen LogP contribution in [0.1, 0.15) is 13.8 Å². The van der Waals surface area contributed by atoms with E-state index in [-0.39, 0.29) is 11.4 Å². The smallest absolute Gasteiger partial charge is 0.243 e. The van der Waals surface area contributed by atoms with Crippen LogP contribution in [0.25, 0.3) is 0 Å². The largest absolute Gasteiger partial charge is 0.346 e. The Morgan fingerprint density at radius 3 is 2.29 bits per heavy atom. The van der Waals surface area contributed by atoms with Gasteiger partial charge in [-0.25, -0.2) is 0 Å². The predicted octanol–water partition coefficient (Wildman–Crippen LogP) is 0.278. The molecule has 82 valence electrons. The van der Waals surface area contributed by atoms with Gasteiger partial charge in [0.2, 0.25) is 5.91 Å². The molecule has 0 rings (SSSR count). The molecule has 0 heterocycles. The van der Waals surface area contributed by atoms with E-state index in [1.54, 1.807) is 0 Å². The van der Waals surface area contributed by atoms with Crippen molar-refractivity contribution in [3.05, 3.63) is 12.7 Å². The molecule has 0 aromatic heterocycles. The van der Waals surface area contributed by atoms with Crippen molar-refractivity contribution in [3.8, 4) is 0 Å². The normalized spacial score (nSPS) is 12.4. The Morgan fingerprint density at radius 1 is 1.43 bits per heavy atom. The SMILES string of the molecule is C=CC(=O)NC(C)(C)CN[N+](C)(C)C. The molecule has 0 aliphatic rings. The first-order valence-electron chi connectivity index (χ1n) is 4.67. The zero-order valence-electron chi connectivity index (χ0n) is 9.85. The fourth-order valence-electron chi connectivity index (χ4n) is 0.864. The zero-order chi connectivity index (χ0) is 11.4. The first-order valence-corrected chi connectivity index (χ1v) is 4.67. The Bertz CT molecular complexity index is 216. The number of nitrogens with zero attached hydrogens (tertiary/aromatic N) is 1. The summed E-state index contributed by atoms with van der Waals surface area (Å²) in [6, 6.07) is 0. The van der Waals surface area contributed by atoms with E-state index in [1.165, 1.54) is 6.08 Å². The Kier molecular flexibility index (Phi) is 4.29. The molecule has 0 bridgehead atoms. The third-order valence-corrected chi connectivity index (χ3v) is 1.64. The van der Waals surface area contributed by atoms with Crippen LogP contribution in [-0.2, 0) is 4.79 Å². The summed E-state index contributed by atoms with van der Waals surface area (Å²) in [5.41, 5.74) is 3.01. The van der Waals surface area contributed by atoms with Gasteiger partial charge in [-0.15, -0.1) is 0 Å². The number of carbonyl (C=O) groups is 1. The third kappa shape index (κ3) is 6.62. The lowest BCUT2D eigenvalue weighted by Gasteiger charge is -2.31. The average molecular weight is 200 g/mol. The van der Waals surface area contributed by atoms with Crippen LogP contribution in [0, 0.1) is 0 Å². The molecule has 0 aromatic rings. The number of hydrogen-bond donors (Lipinski definition) is 2. The summed E-state index contributed by atoms with van der Waals surface area (Å²) in [6.07, 6.45) is 1.29. The number of quaternary nitrogens is 1. The molecule has 14 heavy (non-hydrogen) atoms. The molecule has 2 N–H and O–H groups in total. The van der Waals surface area contributed by atoms with E-state index in [4.69, 9.17) is 0 Å². The van der Waals surface area contributed by atoms with Crippen LogP contribution in [0.4, 0.5) is 0 Å². The van der Waals surface area contributed by atoms with Gasteiger partial charge < -0.3 is 5.32 Å². The van der Waals surface area contributed by atoms with Crippen LogP contribution < -0.4 is 10.7 Å². The van der Waals surface area contributed by atoms with Crippen molar-refractivity contribution < 1.29 is 9.39 Å². The number of rotatable bonds is 5. The van der Waals surface area contributed by atoms with Crippen molar-refractivity contribution in [1.29, 1.82) is 0 Å². The second kappa shape index (κ2) is 4.57. The highest BCUT2D eigenvalue weighted by atomic mass is 16.1. The standard InChI is InChI=1S/C10H21N3O/c1-7-9(14)12-10(2,3)8-11-13(4,5)6/h7,11H,1,8H2,2-6H3/p+1. The molecule has 4 heteroatoms. The molecule has 0 aliphatic carbocycles. The van der Waals surface area contributed by atoms with Gasteiger partial charge in [0.15, 0.2) is 0 Å². The van der Waals surface area contributed by atoms with Crippen LogP contribution in [0.5, 0.6) is 0 Å². The van der Waals surface area contributed by atoms with Gasteiger partial charge in [0.1, 0.15) is 0 Å². The molecule has 0 aromatic carbocycles. The third-order valence-electron chi connectivity index (χ3n) is 1.64. The monoisotopic (exact) mass is 200 g/mol. The number of amides is 1. The van der Waals surface area contributed by atoms with Crippen LogP contribution >= 0.6 is 0 Å². The topological polar surface area (TPSA) is 41.1 Å². The molecule has 4 nitrogen and oxygen atoms in total. The van der Waals surface area contributed by atoms with Crippen LogP contribution in [-0.4, -0.2) is 43.7 Å². The lowest BCUT2D eigenvalue weighted by atomic mass is 10.1. The lowest BCUT2D eigenvalue weighted by Crippen LogP contribution is -2.57. The van der Waals surface area contributed by atoms with Gasteiger partial charge in [0.25, 0.3) is 0 Å². The molecule has 0 spiro atoms. The first-order chi connectivity index (χ1) is 6.16. The quantitative estimate of drug-likeness (QED) is 0.380. The van der Waals surface area contributed by atoms with E-state index >= 15 is 0 Å². The highest BCUT2D eigenvalue weighted by Gasteiger charge is 2.21. The van der Waals surface area contributed by atoms with Gasteiger partial charge in [-0.2, -0.15) is 5.43 Å². The summed E-state index contributed by atoms with van der Waals surface area (Å²) in [6.45, 7) is 8.06. The number of carbonyl (C=O) groups excluding carboxylic acids is 1. The Hall–Kier alpha value is -0.870. The van der Waals surface area contributed by atoms with Crippen LogP contribution in [0.15, 0.2) is 12.7 Å². The number of hydrogen-bond acceptors (Lipinski definition) is 2. The van der Waals surface area contributed by atoms with Crippen molar-refractivity contribution in [2.24, 2.45) is 0 Å². The minimum Gasteiger partial charge on any atom is -0.346 e. The molecular formula is C10H22N3O+. The van der Waals surface area contributed by atoms with Crippen LogP contribution in [0.3, 0.4) is 0 Å². The summed E-state index contributed by atoms with van der Waals surface area (Å²) in [5, 5.41) is 2.85. The molecule has 0 radical (unpaired) electrons. The van der Waals surface area contributed by atoms with Crippen LogP contribution in [0.2, 0.25) is 0 Å². The molecule has 0 saturated carbocycles. The highest BCUT2D eigenvalue weighted by molar-refractivity contribution is 5.87. The Balaban J connectivity index is 4.07. The summed E-state index contributed by atoms with van der Waals surface area (Å²) < 4.78 is 0.660.